The van der Waals surface area contributed by atoms with E-state index in [1.54, 1.807) is 6.33 Å². The average molecular weight is 238 g/mol. The Balaban J connectivity index is 1.65. The summed E-state index contributed by atoms with van der Waals surface area (Å²) >= 11 is 0. The lowest BCUT2D eigenvalue weighted by molar-refractivity contribution is 0.184. The van der Waals surface area contributed by atoms with Crippen LogP contribution >= 0.6 is 0 Å². The lowest BCUT2D eigenvalue weighted by Gasteiger charge is -2.09. The number of nitrogens with zero attached hydrogens (tertiary/aromatic N) is 3. The first kappa shape index (κ1) is 12.5. The molecular formula is C12H22N4O. The monoisotopic (exact) mass is 238 g/mol. The van der Waals surface area contributed by atoms with Crippen LogP contribution in [0.5, 0.6) is 0 Å². The molecule has 0 saturated carbocycles. The second kappa shape index (κ2) is 6.71. The van der Waals surface area contributed by atoms with Crippen molar-refractivity contribution in [2.75, 3.05) is 19.8 Å². The Hall–Kier alpha value is -0.940. The minimum Gasteiger partial charge on any atom is -0.381 e. The zero-order chi connectivity index (χ0) is 11.9. The van der Waals surface area contributed by atoms with E-state index in [2.05, 4.69) is 22.3 Å². The zero-order valence-corrected chi connectivity index (χ0v) is 10.6. The van der Waals surface area contributed by atoms with Crippen LogP contribution in [0.4, 0.5) is 0 Å². The van der Waals surface area contributed by atoms with Crippen molar-refractivity contribution in [1.29, 1.82) is 0 Å². The highest BCUT2D eigenvalue weighted by Gasteiger charge is 2.14. The van der Waals surface area contributed by atoms with Gasteiger partial charge >= 0.3 is 0 Å². The largest absolute Gasteiger partial charge is 0.381 e. The molecule has 0 aliphatic carbocycles. The summed E-state index contributed by atoms with van der Waals surface area (Å²) in [6, 6.07) is 0. The van der Waals surface area contributed by atoms with Gasteiger partial charge < -0.3 is 10.1 Å². The van der Waals surface area contributed by atoms with E-state index in [9.17, 15) is 0 Å². The maximum absolute atomic E-state index is 5.36. The summed E-state index contributed by atoms with van der Waals surface area (Å²) in [6.45, 7) is 6.83. The minimum atomic E-state index is 0.746. The summed E-state index contributed by atoms with van der Waals surface area (Å²) < 4.78 is 7.33. The molecule has 0 radical (unpaired) electrons. The van der Waals surface area contributed by atoms with Crippen LogP contribution in [0.15, 0.2) is 6.33 Å². The van der Waals surface area contributed by atoms with E-state index in [1.165, 1.54) is 12.8 Å². The van der Waals surface area contributed by atoms with Crippen molar-refractivity contribution in [2.45, 2.75) is 39.3 Å². The topological polar surface area (TPSA) is 52.0 Å². The summed E-state index contributed by atoms with van der Waals surface area (Å²) in [4.78, 5) is 4.27. The Kier molecular flexibility index (Phi) is 4.94. The Morgan fingerprint density at radius 3 is 3.29 bits per heavy atom. The van der Waals surface area contributed by atoms with Gasteiger partial charge in [-0.25, -0.2) is 9.67 Å². The summed E-state index contributed by atoms with van der Waals surface area (Å²) in [5.41, 5.74) is 0. The maximum atomic E-state index is 5.36. The van der Waals surface area contributed by atoms with Crippen LogP contribution in [-0.2, 0) is 17.8 Å². The maximum Gasteiger partial charge on any atom is 0.140 e. The Bertz CT molecular complexity index is 320. The first-order valence-corrected chi connectivity index (χ1v) is 6.55. The quantitative estimate of drug-likeness (QED) is 0.725. The molecule has 1 fully saturated rings. The molecule has 1 unspecified atom stereocenters. The molecule has 1 saturated heterocycles. The van der Waals surface area contributed by atoms with Crippen molar-refractivity contribution in [3.8, 4) is 0 Å². The molecule has 2 rings (SSSR count). The third kappa shape index (κ3) is 3.78. The van der Waals surface area contributed by atoms with Crippen LogP contribution in [0.25, 0.3) is 0 Å². The van der Waals surface area contributed by atoms with Crippen LogP contribution in [0.1, 0.15) is 32.0 Å². The molecule has 0 bridgehead atoms. The highest BCUT2D eigenvalue weighted by molar-refractivity contribution is 4.83. The van der Waals surface area contributed by atoms with Gasteiger partial charge in [0, 0.05) is 19.8 Å². The van der Waals surface area contributed by atoms with Crippen molar-refractivity contribution >= 4 is 0 Å². The normalized spacial score (nSPS) is 19.9. The molecule has 5 nitrogen and oxygen atoms in total. The van der Waals surface area contributed by atoms with Gasteiger partial charge in [-0.1, -0.05) is 6.92 Å². The predicted molar refractivity (Wildman–Crippen MR) is 65.6 cm³/mol. The van der Waals surface area contributed by atoms with Gasteiger partial charge in [-0.15, -0.1) is 0 Å². The minimum absolute atomic E-state index is 0.746. The fourth-order valence-corrected chi connectivity index (χ4v) is 2.14. The van der Waals surface area contributed by atoms with Crippen molar-refractivity contribution in [3.05, 3.63) is 12.2 Å². The summed E-state index contributed by atoms with van der Waals surface area (Å²) in [6.07, 6.45) is 5.14. The number of rotatable bonds is 7. The molecule has 96 valence electrons. The van der Waals surface area contributed by atoms with Crippen molar-refractivity contribution in [3.63, 3.8) is 0 Å². The van der Waals surface area contributed by atoms with Gasteiger partial charge in [0.2, 0.25) is 0 Å². The molecule has 5 heteroatoms. The van der Waals surface area contributed by atoms with Crippen molar-refractivity contribution in [2.24, 2.45) is 5.92 Å². The van der Waals surface area contributed by atoms with Crippen LogP contribution in [0.3, 0.4) is 0 Å². The standard InChI is InChI=1S/C12H22N4O/c1-2-6-16-12(14-10-15-16)8-13-5-3-11-4-7-17-9-11/h10-11,13H,2-9H2,1H3. The molecule has 2 heterocycles. The van der Waals surface area contributed by atoms with Crippen LogP contribution in [0.2, 0.25) is 0 Å². The molecule has 0 aromatic carbocycles. The Labute approximate surface area is 103 Å². The molecule has 1 aliphatic rings. The Morgan fingerprint density at radius 1 is 1.59 bits per heavy atom. The molecule has 0 amide bonds. The van der Waals surface area contributed by atoms with E-state index in [-0.39, 0.29) is 0 Å². The fourth-order valence-electron chi connectivity index (χ4n) is 2.14. The van der Waals surface area contributed by atoms with Gasteiger partial charge in [0.25, 0.3) is 0 Å². The highest BCUT2D eigenvalue weighted by Crippen LogP contribution is 2.15. The molecule has 1 aliphatic heterocycles. The van der Waals surface area contributed by atoms with Crippen molar-refractivity contribution < 1.29 is 4.74 Å². The van der Waals surface area contributed by atoms with E-state index in [0.717, 1.165) is 51.0 Å². The molecule has 17 heavy (non-hydrogen) atoms. The zero-order valence-electron chi connectivity index (χ0n) is 10.6. The van der Waals surface area contributed by atoms with Gasteiger partial charge in [-0.2, -0.15) is 5.10 Å². The van der Waals surface area contributed by atoms with Gasteiger partial charge in [0.05, 0.1) is 6.54 Å². The summed E-state index contributed by atoms with van der Waals surface area (Å²) in [7, 11) is 0. The predicted octanol–water partition coefficient (Wildman–Crippen LogP) is 1.20. The van der Waals surface area contributed by atoms with E-state index in [0.29, 0.717) is 0 Å². The van der Waals surface area contributed by atoms with Gasteiger partial charge in [0.1, 0.15) is 12.2 Å². The summed E-state index contributed by atoms with van der Waals surface area (Å²) in [5, 5.41) is 7.64. The molecule has 1 aromatic rings. The van der Waals surface area contributed by atoms with Crippen molar-refractivity contribution in [1.82, 2.24) is 20.1 Å². The van der Waals surface area contributed by atoms with Crippen LogP contribution in [0, 0.1) is 5.92 Å². The first-order chi connectivity index (χ1) is 8.40. The van der Waals surface area contributed by atoms with E-state index < -0.39 is 0 Å². The smallest absolute Gasteiger partial charge is 0.140 e. The molecule has 1 atom stereocenters. The van der Waals surface area contributed by atoms with Crippen LogP contribution in [-0.4, -0.2) is 34.5 Å². The van der Waals surface area contributed by atoms with Crippen LogP contribution < -0.4 is 5.32 Å². The molecule has 1 N–H and O–H groups in total. The number of hydrogen-bond donors (Lipinski definition) is 1. The van der Waals surface area contributed by atoms with E-state index >= 15 is 0 Å². The van der Waals surface area contributed by atoms with E-state index in [1.807, 2.05) is 4.68 Å². The number of aromatic nitrogens is 3. The molecule has 0 spiro atoms. The van der Waals surface area contributed by atoms with E-state index in [4.69, 9.17) is 4.74 Å². The third-order valence-electron chi connectivity index (χ3n) is 3.17. The Morgan fingerprint density at radius 2 is 2.53 bits per heavy atom. The summed E-state index contributed by atoms with van der Waals surface area (Å²) in [5.74, 6) is 1.78. The number of aryl methyl sites for hydroxylation is 1. The number of nitrogens with one attached hydrogen (secondary N) is 1. The first-order valence-electron chi connectivity index (χ1n) is 6.55. The van der Waals surface area contributed by atoms with Gasteiger partial charge in [-0.05, 0) is 31.7 Å². The highest BCUT2D eigenvalue weighted by atomic mass is 16.5. The average Bonchev–Trinajstić information content (AvgIpc) is 2.96. The molecule has 1 aromatic heterocycles. The lowest BCUT2D eigenvalue weighted by Crippen LogP contribution is -2.20. The number of hydrogen-bond acceptors (Lipinski definition) is 4. The van der Waals surface area contributed by atoms with Gasteiger partial charge in [-0.3, -0.25) is 0 Å². The third-order valence-corrected chi connectivity index (χ3v) is 3.17. The SMILES string of the molecule is CCCn1ncnc1CNCCC1CCOC1. The lowest BCUT2D eigenvalue weighted by atomic mass is 10.1. The molecular weight excluding hydrogens is 216 g/mol. The second-order valence-electron chi connectivity index (χ2n) is 4.59. The van der Waals surface area contributed by atoms with Gasteiger partial charge in [0.15, 0.2) is 0 Å². The second-order valence-corrected chi connectivity index (χ2v) is 4.59. The number of ether oxygens (including phenoxy) is 1. The fraction of sp³-hybridized carbons (Fsp3) is 0.833.